The summed E-state index contributed by atoms with van der Waals surface area (Å²) in [6.45, 7) is -0.286. The van der Waals surface area contributed by atoms with Crippen molar-refractivity contribution in [3.05, 3.63) is 443 Å². The lowest BCUT2D eigenvalue weighted by molar-refractivity contribution is 0.790. The number of nitrogens with zero attached hydrogens (tertiary/aromatic N) is 3. The molecule has 0 bridgehead atoms. The van der Waals surface area contributed by atoms with E-state index in [4.69, 9.17) is 0 Å². The minimum atomic E-state index is -0.734. The zero-order valence-corrected chi connectivity index (χ0v) is 59.2. The predicted molar refractivity (Wildman–Crippen MR) is 449 cm³/mol. The van der Waals surface area contributed by atoms with Crippen molar-refractivity contribution >= 4 is 79.0 Å². The normalized spacial score (nSPS) is 15.0. The number of hydrogen-bond acceptors (Lipinski definition) is 2. The van der Waals surface area contributed by atoms with E-state index >= 15 is 0 Å². The smallest absolute Gasteiger partial charge is 0.252 e. The highest BCUT2D eigenvalue weighted by molar-refractivity contribution is 7.00. The fourth-order valence-electron chi connectivity index (χ4n) is 22.9. The Bertz CT molecular complexity index is 6930. The van der Waals surface area contributed by atoms with E-state index in [1.165, 1.54) is 177 Å². The number of rotatable bonds is 4. The summed E-state index contributed by atoms with van der Waals surface area (Å²) in [6, 6.07) is 146. The van der Waals surface area contributed by atoms with E-state index in [2.05, 4.69) is 390 Å². The molecule has 3 nitrogen and oxygen atoms in total. The Morgan fingerprint density at radius 1 is 0.211 bits per heavy atom. The van der Waals surface area contributed by atoms with Crippen LogP contribution in [0.3, 0.4) is 0 Å². The molecule has 8 aliphatic rings. The predicted octanol–water partition coefficient (Wildman–Crippen LogP) is 23.6. The molecule has 18 aromatic rings. The van der Waals surface area contributed by atoms with Gasteiger partial charge in [0, 0.05) is 50.3 Å². The van der Waals surface area contributed by atoms with Crippen LogP contribution >= 0.6 is 0 Å². The van der Waals surface area contributed by atoms with Gasteiger partial charge in [-0.15, -0.1) is 0 Å². The van der Waals surface area contributed by atoms with E-state index in [-0.39, 0.29) is 6.71 Å². The van der Waals surface area contributed by atoms with Gasteiger partial charge in [-0.3, -0.25) is 0 Å². The highest BCUT2D eigenvalue weighted by Crippen LogP contribution is 2.70. The van der Waals surface area contributed by atoms with Gasteiger partial charge in [0.25, 0.3) is 6.71 Å². The Balaban J connectivity index is 0.858. The van der Waals surface area contributed by atoms with E-state index in [1.54, 1.807) is 0 Å². The topological polar surface area (TPSA) is 11.4 Å². The van der Waals surface area contributed by atoms with Crippen molar-refractivity contribution < 1.29 is 0 Å². The van der Waals surface area contributed by atoms with Crippen LogP contribution < -0.4 is 26.2 Å². The summed E-state index contributed by atoms with van der Waals surface area (Å²) in [7, 11) is 0. The number of hydrogen-bond donors (Lipinski definition) is 0. The van der Waals surface area contributed by atoms with Crippen LogP contribution in [-0.4, -0.2) is 11.3 Å². The molecule has 17 aromatic carbocycles. The third-order valence-electron chi connectivity index (χ3n) is 26.6. The molecule has 109 heavy (non-hydrogen) atoms. The molecule has 0 unspecified atom stereocenters. The Hall–Kier alpha value is -13.8. The number of para-hydroxylation sites is 2. The summed E-state index contributed by atoms with van der Waals surface area (Å²) in [6.07, 6.45) is 0. The molecule has 3 spiro atoms. The summed E-state index contributed by atoms with van der Waals surface area (Å²) in [4.78, 5) is 5.58. The molecule has 0 N–H and O–H groups in total. The molecule has 6 aliphatic carbocycles. The second-order valence-corrected chi connectivity index (χ2v) is 31.0. The largest absolute Gasteiger partial charge is 0.311 e. The van der Waals surface area contributed by atoms with E-state index in [0.717, 1.165) is 45.2 Å². The maximum atomic E-state index is 2.82. The molecule has 2 aliphatic heterocycles. The van der Waals surface area contributed by atoms with Gasteiger partial charge < -0.3 is 14.4 Å². The lowest BCUT2D eigenvalue weighted by Gasteiger charge is -2.47. The molecule has 0 amide bonds. The summed E-state index contributed by atoms with van der Waals surface area (Å²) in [5.41, 5.74) is 45.5. The fourth-order valence-corrected chi connectivity index (χ4v) is 22.9. The zero-order chi connectivity index (χ0) is 70.7. The van der Waals surface area contributed by atoms with Gasteiger partial charge in [-0.25, -0.2) is 0 Å². The maximum absolute atomic E-state index is 2.82. The summed E-state index contributed by atoms with van der Waals surface area (Å²) >= 11 is 0. The third kappa shape index (κ3) is 6.92. The van der Waals surface area contributed by atoms with Crippen LogP contribution in [0, 0.1) is 0 Å². The first-order valence-electron chi connectivity index (χ1n) is 38.4. The van der Waals surface area contributed by atoms with Crippen molar-refractivity contribution in [3.8, 4) is 83.6 Å². The van der Waals surface area contributed by atoms with E-state index < -0.39 is 16.2 Å². The molecule has 0 radical (unpaired) electrons. The number of benzene rings is 17. The first kappa shape index (κ1) is 58.5. The van der Waals surface area contributed by atoms with Gasteiger partial charge in [-0.1, -0.05) is 328 Å². The van der Waals surface area contributed by atoms with Gasteiger partial charge >= 0.3 is 0 Å². The van der Waals surface area contributed by atoms with Gasteiger partial charge in [0.15, 0.2) is 0 Å². The van der Waals surface area contributed by atoms with Crippen molar-refractivity contribution in [1.82, 2.24) is 4.57 Å². The van der Waals surface area contributed by atoms with Crippen molar-refractivity contribution in [2.24, 2.45) is 0 Å². The average Bonchev–Trinajstić information content (AvgIpc) is 1.56. The number of aromatic nitrogens is 1. The Labute approximate surface area is 631 Å². The Morgan fingerprint density at radius 3 is 1.09 bits per heavy atom. The first-order chi connectivity index (χ1) is 54.1. The molecule has 1 aromatic heterocycles. The van der Waals surface area contributed by atoms with Crippen LogP contribution in [0.5, 0.6) is 0 Å². The summed E-state index contributed by atoms with van der Waals surface area (Å²) in [5.74, 6) is 0. The van der Waals surface area contributed by atoms with Crippen molar-refractivity contribution in [2.75, 3.05) is 9.80 Å². The van der Waals surface area contributed by atoms with E-state index in [0.29, 0.717) is 0 Å². The van der Waals surface area contributed by atoms with Gasteiger partial charge in [-0.2, -0.15) is 0 Å². The van der Waals surface area contributed by atoms with Crippen LogP contribution in [-0.2, 0) is 16.2 Å². The lowest BCUT2D eigenvalue weighted by Crippen LogP contribution is -2.62. The van der Waals surface area contributed by atoms with Crippen LogP contribution in [0.15, 0.2) is 376 Å². The van der Waals surface area contributed by atoms with Crippen molar-refractivity contribution in [2.45, 2.75) is 16.2 Å². The van der Waals surface area contributed by atoms with Crippen LogP contribution in [0.4, 0.5) is 34.1 Å². The molecule has 3 heterocycles. The quantitative estimate of drug-likeness (QED) is 0.163. The highest BCUT2D eigenvalue weighted by atomic mass is 15.2. The first-order valence-corrected chi connectivity index (χ1v) is 38.4. The second kappa shape index (κ2) is 20.8. The average molecular weight is 1380 g/mol. The molecule has 0 saturated heterocycles. The maximum Gasteiger partial charge on any atom is 0.252 e. The minimum absolute atomic E-state index is 0.286. The lowest BCUT2D eigenvalue weighted by atomic mass is 9.33. The molecule has 0 saturated carbocycles. The minimum Gasteiger partial charge on any atom is -0.311 e. The molecule has 500 valence electrons. The molecule has 4 heteroatoms. The highest BCUT2D eigenvalue weighted by Gasteiger charge is 2.59. The van der Waals surface area contributed by atoms with Crippen molar-refractivity contribution in [1.29, 1.82) is 0 Å². The molecular weight excluding hydrogens is 1310 g/mol. The van der Waals surface area contributed by atoms with Gasteiger partial charge in [-0.05, 0) is 198 Å². The van der Waals surface area contributed by atoms with Gasteiger partial charge in [0.1, 0.15) is 0 Å². The summed E-state index contributed by atoms with van der Waals surface area (Å²) in [5, 5.41) is 2.44. The molecule has 0 atom stereocenters. The van der Waals surface area contributed by atoms with E-state index in [1.807, 2.05) is 0 Å². The Morgan fingerprint density at radius 2 is 0.596 bits per heavy atom. The third-order valence-corrected chi connectivity index (χ3v) is 26.6. The number of fused-ring (bicyclic) bond motifs is 38. The van der Waals surface area contributed by atoms with Crippen molar-refractivity contribution in [3.63, 3.8) is 0 Å². The van der Waals surface area contributed by atoms with Crippen LogP contribution in [0.2, 0.25) is 0 Å². The monoisotopic (exact) mass is 1380 g/mol. The standard InChI is InChI=1S/C105H62BN3/c1-2-27-63(28-3-1)64-53-58-95-92(59-64)106-91-57-56-80-75-37-12-23-49-89(75)105(86-46-20-9-33-71(86)72-34-10-21-47-87(72)105)100(80)102(91)108(65-54-55-76-73-35-6-17-43-83(73)103(90(76)60-65)81-41-15-4-29-67(81)68-30-5-16-42-82(68)103)97-61-66(107-93-50-24-13-38-77(93)78-39-14-25-51-94(78)107)62-98(101(97)106)109(95)96-52-26-40-79-74-36-11-22-48-88(74)104(99(79)96)84-44-18-7-31-69(84)70-32-8-19-45-85(70)104/h1-62H. The molecule has 26 rings (SSSR count). The Kier molecular flexibility index (Phi) is 11.2. The van der Waals surface area contributed by atoms with Gasteiger partial charge in [0.05, 0.1) is 38.7 Å². The number of anilines is 6. The SMILES string of the molecule is c1ccc(-c2ccc3c(c2)B2c4ccc5c(c4N(c4ccc6c(c4)C4(c7ccccc7-c7ccccc74)c4ccccc4-6)c4cc(-n6c7ccccc7c7ccccc76)cc(c42)N3c2cccc3c2C2(c4ccccc4-c4ccccc42)c2ccccc2-3)C2(c3ccccc3-c3ccccc32)c2ccccc2-5)cc1. The van der Waals surface area contributed by atoms with Crippen LogP contribution in [0.1, 0.15) is 66.8 Å². The molecule has 0 fully saturated rings. The van der Waals surface area contributed by atoms with E-state index in [9.17, 15) is 0 Å². The second-order valence-electron chi connectivity index (χ2n) is 31.0. The van der Waals surface area contributed by atoms with Gasteiger partial charge in [0.2, 0.25) is 0 Å². The molecular formula is C105H62BN3. The fraction of sp³-hybridized carbons (Fsp3) is 0.0286. The summed E-state index contributed by atoms with van der Waals surface area (Å²) < 4.78 is 2.59. The van der Waals surface area contributed by atoms with Crippen LogP contribution in [0.25, 0.3) is 105 Å². The zero-order valence-electron chi connectivity index (χ0n) is 59.2.